The van der Waals surface area contributed by atoms with Crippen molar-refractivity contribution in [3.05, 3.63) is 29.3 Å². The maximum absolute atomic E-state index is 13.1. The maximum atomic E-state index is 13.1. The summed E-state index contributed by atoms with van der Waals surface area (Å²) >= 11 is 1.32. The first kappa shape index (κ1) is 20.3. The van der Waals surface area contributed by atoms with Gasteiger partial charge in [-0.1, -0.05) is 48.7 Å². The van der Waals surface area contributed by atoms with Gasteiger partial charge in [0.05, 0.1) is 17.0 Å². The van der Waals surface area contributed by atoms with Crippen LogP contribution in [0.2, 0.25) is 0 Å². The van der Waals surface area contributed by atoms with Gasteiger partial charge in [0.2, 0.25) is 11.1 Å². The normalized spacial score (nSPS) is 17.0. The zero-order valence-corrected chi connectivity index (χ0v) is 17.7. The molecule has 1 aliphatic rings. The second-order valence-electron chi connectivity index (χ2n) is 7.52. The molecule has 2 aromatic rings. The van der Waals surface area contributed by atoms with Crippen molar-refractivity contribution in [3.63, 3.8) is 0 Å². The Morgan fingerprint density at radius 3 is 2.68 bits per heavy atom. The molecule has 0 aliphatic heterocycles. The van der Waals surface area contributed by atoms with E-state index in [-0.39, 0.29) is 5.91 Å². The molecule has 0 unspecified atom stereocenters. The third-order valence-electron chi connectivity index (χ3n) is 5.51. The molecule has 0 bridgehead atoms. The fraction of sp³-hybridized carbons (Fsp3) is 0.550. The lowest BCUT2D eigenvalue weighted by atomic mass is 9.81. The summed E-state index contributed by atoms with van der Waals surface area (Å²) in [7, 11) is 1.75. The Morgan fingerprint density at radius 1 is 1.32 bits per heavy atom. The van der Waals surface area contributed by atoms with Gasteiger partial charge >= 0.3 is 0 Å². The van der Waals surface area contributed by atoms with Gasteiger partial charge in [0.1, 0.15) is 5.54 Å². The van der Waals surface area contributed by atoms with E-state index in [1.54, 1.807) is 16.6 Å². The van der Waals surface area contributed by atoms with Crippen molar-refractivity contribution in [2.75, 3.05) is 7.05 Å². The third-order valence-corrected chi connectivity index (χ3v) is 6.53. The Kier molecular flexibility index (Phi) is 6.04. The van der Waals surface area contributed by atoms with E-state index in [0.717, 1.165) is 43.4 Å². The third kappa shape index (κ3) is 3.90. The number of thioether (sulfide) groups is 1. The first-order valence-electron chi connectivity index (χ1n) is 9.59. The van der Waals surface area contributed by atoms with E-state index >= 15 is 0 Å². The molecule has 0 radical (unpaired) electrons. The van der Waals surface area contributed by atoms with E-state index in [2.05, 4.69) is 27.7 Å². The number of nitriles is 1. The van der Waals surface area contributed by atoms with Crippen molar-refractivity contribution >= 4 is 17.7 Å². The van der Waals surface area contributed by atoms with E-state index in [1.165, 1.54) is 17.3 Å². The molecular weight excluding hydrogens is 372 g/mol. The molecule has 148 valence electrons. The predicted octanol–water partition coefficient (Wildman–Crippen LogP) is 3.44. The lowest BCUT2D eigenvalue weighted by Gasteiger charge is -2.40. The Bertz CT molecular complexity index is 896. The Morgan fingerprint density at radius 2 is 2.04 bits per heavy atom. The van der Waals surface area contributed by atoms with Crippen molar-refractivity contribution in [1.82, 2.24) is 25.1 Å². The van der Waals surface area contributed by atoms with Crippen LogP contribution in [0, 0.1) is 25.2 Å². The molecule has 1 saturated carbocycles. The first-order valence-corrected chi connectivity index (χ1v) is 10.5. The lowest BCUT2D eigenvalue weighted by molar-refractivity contribution is -0.133. The fourth-order valence-electron chi connectivity index (χ4n) is 3.80. The van der Waals surface area contributed by atoms with Crippen molar-refractivity contribution in [2.24, 2.45) is 0 Å². The summed E-state index contributed by atoms with van der Waals surface area (Å²) in [6.07, 6.45) is 4.57. The number of amides is 1. The first-order chi connectivity index (χ1) is 13.4. The number of nitrogens with zero attached hydrogens (tertiary/aromatic N) is 6. The van der Waals surface area contributed by atoms with Crippen LogP contribution in [0.15, 0.2) is 23.4 Å². The number of rotatable bonds is 5. The molecule has 0 spiro atoms. The van der Waals surface area contributed by atoms with Gasteiger partial charge in [0, 0.05) is 7.05 Å². The number of aromatic nitrogens is 4. The zero-order valence-electron chi connectivity index (χ0n) is 16.8. The second-order valence-corrected chi connectivity index (χ2v) is 8.83. The summed E-state index contributed by atoms with van der Waals surface area (Å²) in [5, 5.41) is 22.0. The highest BCUT2D eigenvalue weighted by Gasteiger charge is 2.40. The molecule has 28 heavy (non-hydrogen) atoms. The highest BCUT2D eigenvalue weighted by molar-refractivity contribution is 8.00. The summed E-state index contributed by atoms with van der Waals surface area (Å²) in [5.41, 5.74) is 2.44. The molecule has 1 aromatic heterocycles. The van der Waals surface area contributed by atoms with Gasteiger partial charge in [-0.2, -0.15) is 9.94 Å². The minimum atomic E-state index is -0.691. The average molecular weight is 399 g/mol. The highest BCUT2D eigenvalue weighted by atomic mass is 32.2. The molecular formula is C20H26N6OS. The topological polar surface area (TPSA) is 87.7 Å². The van der Waals surface area contributed by atoms with Gasteiger partial charge in [-0.05, 0) is 55.7 Å². The van der Waals surface area contributed by atoms with E-state index < -0.39 is 10.8 Å². The van der Waals surface area contributed by atoms with Crippen LogP contribution >= 0.6 is 11.8 Å². The Labute approximate surface area is 170 Å². The summed E-state index contributed by atoms with van der Waals surface area (Å²) < 4.78 is 1.67. The molecule has 1 heterocycles. The van der Waals surface area contributed by atoms with Crippen molar-refractivity contribution in [1.29, 1.82) is 5.26 Å². The van der Waals surface area contributed by atoms with Crippen LogP contribution in [0.4, 0.5) is 0 Å². The van der Waals surface area contributed by atoms with E-state index in [9.17, 15) is 10.1 Å². The van der Waals surface area contributed by atoms with Crippen LogP contribution in [0.25, 0.3) is 5.69 Å². The second kappa shape index (κ2) is 8.31. The molecule has 1 atom stereocenters. The number of aryl methyl sites for hydroxylation is 2. The van der Waals surface area contributed by atoms with Crippen molar-refractivity contribution in [3.8, 4) is 11.8 Å². The molecule has 1 fully saturated rings. The molecule has 1 amide bonds. The number of hydrogen-bond acceptors (Lipinski definition) is 6. The highest BCUT2D eigenvalue weighted by Crippen LogP contribution is 2.34. The standard InChI is InChI=1S/C20H26N6OS/c1-14-8-9-17(15(2)12-14)26-19(22-23-24-26)28-16(3)18(27)25(4)20(13-21)10-6-5-7-11-20/h8-9,12,16H,5-7,10-11H2,1-4H3/t16-/m1/s1. The zero-order chi connectivity index (χ0) is 20.3. The summed E-state index contributed by atoms with van der Waals surface area (Å²) in [6, 6.07) is 8.49. The minimum absolute atomic E-state index is 0.0661. The number of hydrogen-bond donors (Lipinski definition) is 0. The Hall–Kier alpha value is -2.40. The molecule has 1 aliphatic carbocycles. The maximum Gasteiger partial charge on any atom is 0.236 e. The quantitative estimate of drug-likeness (QED) is 0.717. The van der Waals surface area contributed by atoms with Crippen molar-refractivity contribution in [2.45, 2.75) is 68.8 Å². The monoisotopic (exact) mass is 398 g/mol. The average Bonchev–Trinajstić information content (AvgIpc) is 3.15. The number of carbonyl (C=O) groups is 1. The SMILES string of the molecule is Cc1ccc(-n2nnnc2S[C@H](C)C(=O)N(C)C2(C#N)CCCCC2)c(C)c1. The fourth-order valence-corrected chi connectivity index (χ4v) is 4.69. The van der Waals surface area contributed by atoms with Gasteiger partial charge < -0.3 is 4.90 Å². The summed E-state index contributed by atoms with van der Waals surface area (Å²) in [6.45, 7) is 5.90. The van der Waals surface area contributed by atoms with Crippen LogP contribution in [0.3, 0.4) is 0 Å². The van der Waals surface area contributed by atoms with E-state index in [1.807, 2.05) is 32.9 Å². The number of benzene rings is 1. The molecule has 1 aromatic carbocycles. The Balaban J connectivity index is 1.78. The van der Waals surface area contributed by atoms with Crippen LogP contribution in [0.5, 0.6) is 0 Å². The van der Waals surface area contributed by atoms with Gasteiger partial charge in [0.25, 0.3) is 0 Å². The lowest BCUT2D eigenvalue weighted by Crippen LogP contribution is -2.52. The van der Waals surface area contributed by atoms with Crippen LogP contribution in [-0.4, -0.2) is 48.9 Å². The summed E-state index contributed by atoms with van der Waals surface area (Å²) in [4.78, 5) is 14.7. The minimum Gasteiger partial charge on any atom is -0.326 e. The molecule has 0 saturated heterocycles. The van der Waals surface area contributed by atoms with E-state index in [4.69, 9.17) is 0 Å². The summed E-state index contributed by atoms with van der Waals surface area (Å²) in [5.74, 6) is -0.0661. The molecule has 8 heteroatoms. The van der Waals surface area contributed by atoms with Crippen LogP contribution < -0.4 is 0 Å². The predicted molar refractivity (Wildman–Crippen MR) is 108 cm³/mol. The molecule has 7 nitrogen and oxygen atoms in total. The largest absolute Gasteiger partial charge is 0.326 e. The van der Waals surface area contributed by atoms with Gasteiger partial charge in [-0.25, -0.2) is 0 Å². The van der Waals surface area contributed by atoms with Gasteiger partial charge in [0.15, 0.2) is 0 Å². The van der Waals surface area contributed by atoms with Crippen LogP contribution in [-0.2, 0) is 4.79 Å². The smallest absolute Gasteiger partial charge is 0.236 e. The molecule has 0 N–H and O–H groups in total. The van der Waals surface area contributed by atoms with Gasteiger partial charge in [-0.3, -0.25) is 4.79 Å². The number of carbonyl (C=O) groups excluding carboxylic acids is 1. The van der Waals surface area contributed by atoms with Crippen molar-refractivity contribution < 1.29 is 4.79 Å². The van der Waals surface area contributed by atoms with Crippen LogP contribution in [0.1, 0.15) is 50.2 Å². The number of tetrazole rings is 1. The van der Waals surface area contributed by atoms with Gasteiger partial charge in [-0.15, -0.1) is 5.10 Å². The van der Waals surface area contributed by atoms with E-state index in [0.29, 0.717) is 5.16 Å². The molecule has 3 rings (SSSR count).